The molecule has 8 heteroatoms. The van der Waals surface area contributed by atoms with Crippen LogP contribution in [0, 0.1) is 5.82 Å². The summed E-state index contributed by atoms with van der Waals surface area (Å²) in [5.41, 5.74) is 8.54. The second-order valence-electron chi connectivity index (χ2n) is 7.46. The van der Waals surface area contributed by atoms with Crippen LogP contribution in [0.4, 0.5) is 10.3 Å². The fourth-order valence-electron chi connectivity index (χ4n) is 3.77. The highest BCUT2D eigenvalue weighted by Crippen LogP contribution is 2.33. The molecule has 0 aliphatic carbocycles. The topological polar surface area (TPSA) is 81.3 Å². The van der Waals surface area contributed by atoms with Gasteiger partial charge in [-0.1, -0.05) is 23.7 Å². The van der Waals surface area contributed by atoms with Gasteiger partial charge in [-0.3, -0.25) is 4.79 Å². The number of anilines is 1. The zero-order valence-electron chi connectivity index (χ0n) is 16.8. The standard InChI is InChI=1S/C23H22ClFN4O2/c24-17-5-3-15(4-6-17)20-12-27-23(26)28-22(20)16-2-1-11-29(13-16)21(30)14-31-19-9-7-18(25)8-10-19/h3-10,12,16H,1-2,11,13-14H2,(H2,26,27,28). The van der Waals surface area contributed by atoms with Crippen molar-refractivity contribution < 1.29 is 13.9 Å². The summed E-state index contributed by atoms with van der Waals surface area (Å²) in [7, 11) is 0. The number of piperidine rings is 1. The maximum absolute atomic E-state index is 13.0. The van der Waals surface area contributed by atoms with E-state index >= 15 is 0 Å². The molecule has 0 saturated carbocycles. The molecular formula is C23H22ClFN4O2. The molecule has 160 valence electrons. The van der Waals surface area contributed by atoms with Crippen LogP contribution < -0.4 is 10.5 Å². The average Bonchev–Trinajstić information content (AvgIpc) is 2.79. The number of benzene rings is 2. The summed E-state index contributed by atoms with van der Waals surface area (Å²) in [5, 5.41) is 0.650. The van der Waals surface area contributed by atoms with Gasteiger partial charge in [0.1, 0.15) is 11.6 Å². The molecule has 2 N–H and O–H groups in total. The quantitative estimate of drug-likeness (QED) is 0.639. The lowest BCUT2D eigenvalue weighted by Crippen LogP contribution is -2.41. The molecule has 0 radical (unpaired) electrons. The molecule has 2 heterocycles. The Balaban J connectivity index is 1.49. The number of nitrogens with zero attached hydrogens (tertiary/aromatic N) is 3. The maximum Gasteiger partial charge on any atom is 0.260 e. The number of likely N-dealkylation sites (tertiary alicyclic amines) is 1. The number of aromatic nitrogens is 2. The lowest BCUT2D eigenvalue weighted by atomic mass is 9.90. The fraction of sp³-hybridized carbons (Fsp3) is 0.261. The van der Waals surface area contributed by atoms with Crippen LogP contribution in [0.15, 0.2) is 54.7 Å². The number of hydrogen-bond donors (Lipinski definition) is 1. The predicted molar refractivity (Wildman–Crippen MR) is 117 cm³/mol. The summed E-state index contributed by atoms with van der Waals surface area (Å²) in [5.74, 6) is 0.217. The van der Waals surface area contributed by atoms with E-state index in [9.17, 15) is 9.18 Å². The molecule has 6 nitrogen and oxygen atoms in total. The van der Waals surface area contributed by atoms with E-state index in [0.29, 0.717) is 23.9 Å². The van der Waals surface area contributed by atoms with Crippen molar-refractivity contribution in [3.05, 3.63) is 71.3 Å². The molecule has 3 aromatic rings. The third-order valence-corrected chi connectivity index (χ3v) is 5.58. The molecular weight excluding hydrogens is 419 g/mol. The molecule has 1 aromatic heterocycles. The molecule has 0 bridgehead atoms. The monoisotopic (exact) mass is 440 g/mol. The van der Waals surface area contributed by atoms with Crippen molar-refractivity contribution in [1.29, 1.82) is 0 Å². The van der Waals surface area contributed by atoms with Gasteiger partial charge in [0.2, 0.25) is 5.95 Å². The minimum atomic E-state index is -0.349. The van der Waals surface area contributed by atoms with Crippen LogP contribution in [0.2, 0.25) is 5.02 Å². The number of amides is 1. The number of nitrogens with two attached hydrogens (primary N) is 1. The van der Waals surface area contributed by atoms with Crippen molar-refractivity contribution in [1.82, 2.24) is 14.9 Å². The van der Waals surface area contributed by atoms with Crippen LogP contribution in [-0.2, 0) is 4.79 Å². The first kappa shape index (κ1) is 21.1. The van der Waals surface area contributed by atoms with Gasteiger partial charge in [-0.15, -0.1) is 0 Å². The number of carbonyl (C=O) groups excluding carboxylic acids is 1. The van der Waals surface area contributed by atoms with Gasteiger partial charge in [0.25, 0.3) is 5.91 Å². The van der Waals surface area contributed by atoms with Crippen molar-refractivity contribution in [2.24, 2.45) is 0 Å². The second-order valence-corrected chi connectivity index (χ2v) is 7.89. The Morgan fingerprint density at radius 3 is 2.68 bits per heavy atom. The number of carbonyl (C=O) groups is 1. The average molecular weight is 441 g/mol. The van der Waals surface area contributed by atoms with E-state index in [2.05, 4.69) is 9.97 Å². The Bertz CT molecular complexity index is 1060. The number of ether oxygens (including phenoxy) is 1. The number of nitrogen functional groups attached to an aromatic ring is 1. The largest absolute Gasteiger partial charge is 0.484 e. The van der Waals surface area contributed by atoms with E-state index in [1.54, 1.807) is 11.1 Å². The second kappa shape index (κ2) is 9.31. The molecule has 1 fully saturated rings. The van der Waals surface area contributed by atoms with Crippen LogP contribution in [0.5, 0.6) is 5.75 Å². The van der Waals surface area contributed by atoms with Gasteiger partial charge in [0.15, 0.2) is 6.61 Å². The van der Waals surface area contributed by atoms with E-state index in [4.69, 9.17) is 22.1 Å². The molecule has 1 aliphatic heterocycles. The third-order valence-electron chi connectivity index (χ3n) is 5.33. The highest BCUT2D eigenvalue weighted by atomic mass is 35.5. The predicted octanol–water partition coefficient (Wildman–Crippen LogP) is 4.30. The van der Waals surface area contributed by atoms with E-state index in [0.717, 1.165) is 29.7 Å². The number of rotatable bonds is 5. The lowest BCUT2D eigenvalue weighted by Gasteiger charge is -2.33. The summed E-state index contributed by atoms with van der Waals surface area (Å²) in [6, 6.07) is 13.1. The van der Waals surface area contributed by atoms with Crippen molar-refractivity contribution in [2.45, 2.75) is 18.8 Å². The van der Waals surface area contributed by atoms with Gasteiger partial charge in [-0.2, -0.15) is 0 Å². The first-order valence-electron chi connectivity index (χ1n) is 10.0. The van der Waals surface area contributed by atoms with Crippen LogP contribution >= 0.6 is 11.6 Å². The third kappa shape index (κ3) is 5.11. The number of hydrogen-bond acceptors (Lipinski definition) is 5. The minimum Gasteiger partial charge on any atom is -0.484 e. The van der Waals surface area contributed by atoms with Crippen molar-refractivity contribution in [2.75, 3.05) is 25.4 Å². The van der Waals surface area contributed by atoms with E-state index < -0.39 is 0 Å². The molecule has 4 rings (SSSR count). The first-order chi connectivity index (χ1) is 15.0. The first-order valence-corrected chi connectivity index (χ1v) is 10.4. The highest BCUT2D eigenvalue weighted by molar-refractivity contribution is 6.30. The smallest absolute Gasteiger partial charge is 0.260 e. The number of halogens is 2. The van der Waals surface area contributed by atoms with Gasteiger partial charge in [-0.25, -0.2) is 14.4 Å². The molecule has 1 aliphatic rings. The van der Waals surface area contributed by atoms with Crippen molar-refractivity contribution >= 4 is 23.5 Å². The van der Waals surface area contributed by atoms with Gasteiger partial charge < -0.3 is 15.4 Å². The fourth-order valence-corrected chi connectivity index (χ4v) is 3.89. The van der Waals surface area contributed by atoms with Crippen molar-refractivity contribution in [3.63, 3.8) is 0 Å². The SMILES string of the molecule is Nc1ncc(-c2ccc(Cl)cc2)c(C2CCCN(C(=O)COc3ccc(F)cc3)C2)n1. The summed E-state index contributed by atoms with van der Waals surface area (Å²) in [6.07, 6.45) is 3.45. The van der Waals surface area contributed by atoms with E-state index in [1.165, 1.54) is 24.3 Å². The summed E-state index contributed by atoms with van der Waals surface area (Å²) >= 11 is 6.02. The van der Waals surface area contributed by atoms with Gasteiger partial charge in [0.05, 0.1) is 5.69 Å². The Hall–Kier alpha value is -3.19. The Morgan fingerprint density at radius 2 is 1.94 bits per heavy atom. The molecule has 1 atom stereocenters. The Labute approximate surface area is 184 Å². The minimum absolute atomic E-state index is 0.0273. The normalized spacial score (nSPS) is 16.2. The Kier molecular flexibility index (Phi) is 6.32. The highest BCUT2D eigenvalue weighted by Gasteiger charge is 2.28. The van der Waals surface area contributed by atoms with Gasteiger partial charge in [0, 0.05) is 35.8 Å². The van der Waals surface area contributed by atoms with Gasteiger partial charge in [-0.05, 0) is 54.8 Å². The summed E-state index contributed by atoms with van der Waals surface area (Å²) in [6.45, 7) is 1.07. The molecule has 1 saturated heterocycles. The van der Waals surface area contributed by atoms with Crippen LogP contribution in [0.1, 0.15) is 24.5 Å². The molecule has 31 heavy (non-hydrogen) atoms. The zero-order chi connectivity index (χ0) is 21.8. The summed E-state index contributed by atoms with van der Waals surface area (Å²) < 4.78 is 18.6. The van der Waals surface area contributed by atoms with Crippen LogP contribution in [0.3, 0.4) is 0 Å². The molecule has 1 unspecified atom stereocenters. The summed E-state index contributed by atoms with van der Waals surface area (Å²) in [4.78, 5) is 23.2. The lowest BCUT2D eigenvalue weighted by molar-refractivity contribution is -0.134. The van der Waals surface area contributed by atoms with Crippen LogP contribution in [-0.4, -0.2) is 40.5 Å². The molecule has 1 amide bonds. The zero-order valence-corrected chi connectivity index (χ0v) is 17.6. The van der Waals surface area contributed by atoms with Gasteiger partial charge >= 0.3 is 0 Å². The van der Waals surface area contributed by atoms with Crippen molar-refractivity contribution in [3.8, 4) is 16.9 Å². The molecule has 2 aromatic carbocycles. The maximum atomic E-state index is 13.0. The van der Waals surface area contributed by atoms with Crippen LogP contribution in [0.25, 0.3) is 11.1 Å². The molecule has 0 spiro atoms. The van der Waals surface area contributed by atoms with E-state index in [-0.39, 0.29) is 30.2 Å². The van der Waals surface area contributed by atoms with E-state index in [1.807, 2.05) is 24.3 Å². The Morgan fingerprint density at radius 1 is 1.19 bits per heavy atom.